The van der Waals surface area contributed by atoms with E-state index in [1.165, 1.54) is 12.1 Å². The van der Waals surface area contributed by atoms with Crippen LogP contribution in [0.2, 0.25) is 0 Å². The number of halogens is 2. The number of amides is 1. The van der Waals surface area contributed by atoms with Crippen molar-refractivity contribution in [3.63, 3.8) is 0 Å². The fraction of sp³-hybridized carbons (Fsp3) is 0.250. The van der Waals surface area contributed by atoms with Gasteiger partial charge >= 0.3 is 0 Å². The minimum Gasteiger partial charge on any atom is -0.351 e. The lowest BCUT2D eigenvalue weighted by atomic mass is 10.0. The number of nitrogens with one attached hydrogen (secondary N) is 2. The van der Waals surface area contributed by atoms with Gasteiger partial charge in [0, 0.05) is 23.5 Å². The number of aromatic nitrogens is 1. The number of carbonyl (C=O) groups is 1. The van der Waals surface area contributed by atoms with E-state index in [1.54, 1.807) is 12.1 Å². The van der Waals surface area contributed by atoms with Crippen molar-refractivity contribution in [3.8, 4) is 11.1 Å². The zero-order valence-electron chi connectivity index (χ0n) is 14.9. The third-order valence-electron chi connectivity index (χ3n) is 4.35. The Morgan fingerprint density at radius 2 is 1.81 bits per heavy atom. The van der Waals surface area contributed by atoms with Gasteiger partial charge in [-0.3, -0.25) is 4.79 Å². The fourth-order valence-electron chi connectivity index (χ4n) is 2.87. The first-order valence-electron chi connectivity index (χ1n) is 8.69. The van der Waals surface area contributed by atoms with Crippen molar-refractivity contribution in [3.05, 3.63) is 60.0 Å². The second kappa shape index (κ2) is 9.50. The van der Waals surface area contributed by atoms with Crippen molar-refractivity contribution in [1.82, 2.24) is 10.3 Å². The molecule has 0 aliphatic heterocycles. The second-order valence-electron chi connectivity index (χ2n) is 6.39. The monoisotopic (exact) mass is 390 g/mol. The Hall–Kier alpha value is -2.41. The van der Waals surface area contributed by atoms with E-state index in [1.807, 2.05) is 24.3 Å². The van der Waals surface area contributed by atoms with Crippen LogP contribution in [0.5, 0.6) is 0 Å². The molecule has 1 amide bonds. The molecule has 0 radical (unpaired) electrons. The van der Waals surface area contributed by atoms with Crippen LogP contribution >= 0.6 is 12.4 Å². The van der Waals surface area contributed by atoms with Crippen LogP contribution in [0.3, 0.4) is 0 Å². The maximum absolute atomic E-state index is 13.1. The Morgan fingerprint density at radius 3 is 2.52 bits per heavy atom. The maximum Gasteiger partial charge on any atom is 0.267 e. The standard InChI is InChI=1S/C20H23FN4O.ClH/c21-16-7-5-13(6-8-16)14-3-4-15-11-19(25-18(15)10-14)20(26)24-12-17(23)2-1-9-22;/h3-8,10-11,17,25H,1-2,9,12,22-23H2,(H,24,26);1H/t17-;/m1./s1. The summed E-state index contributed by atoms with van der Waals surface area (Å²) >= 11 is 0. The first-order chi connectivity index (χ1) is 12.6. The second-order valence-corrected chi connectivity index (χ2v) is 6.39. The molecule has 5 nitrogen and oxygen atoms in total. The van der Waals surface area contributed by atoms with Gasteiger partial charge in [-0.05, 0) is 54.8 Å². The summed E-state index contributed by atoms with van der Waals surface area (Å²) in [7, 11) is 0. The maximum atomic E-state index is 13.1. The molecule has 0 aliphatic rings. The highest BCUT2D eigenvalue weighted by Crippen LogP contribution is 2.25. The third kappa shape index (κ3) is 5.29. The summed E-state index contributed by atoms with van der Waals surface area (Å²) in [5.74, 6) is -0.453. The summed E-state index contributed by atoms with van der Waals surface area (Å²) in [6.45, 7) is 1.01. The smallest absolute Gasteiger partial charge is 0.267 e. The van der Waals surface area contributed by atoms with Crippen molar-refractivity contribution in [2.45, 2.75) is 18.9 Å². The van der Waals surface area contributed by atoms with Gasteiger partial charge in [-0.15, -0.1) is 12.4 Å². The molecule has 1 heterocycles. The van der Waals surface area contributed by atoms with Crippen LogP contribution in [0.15, 0.2) is 48.5 Å². The summed E-state index contributed by atoms with van der Waals surface area (Å²) in [6.07, 6.45) is 1.63. The average Bonchev–Trinajstić information content (AvgIpc) is 3.08. The third-order valence-corrected chi connectivity index (χ3v) is 4.35. The number of nitrogens with two attached hydrogens (primary N) is 2. The molecule has 144 valence electrons. The van der Waals surface area contributed by atoms with Gasteiger partial charge in [0.15, 0.2) is 0 Å². The topological polar surface area (TPSA) is 96.9 Å². The largest absolute Gasteiger partial charge is 0.351 e. The van der Waals surface area contributed by atoms with Crippen LogP contribution in [0.25, 0.3) is 22.0 Å². The molecule has 0 fully saturated rings. The Morgan fingerprint density at radius 1 is 1.11 bits per heavy atom. The number of carbonyl (C=O) groups excluding carboxylic acids is 1. The van der Waals surface area contributed by atoms with Crippen LogP contribution in [0.1, 0.15) is 23.3 Å². The van der Waals surface area contributed by atoms with Gasteiger partial charge in [-0.2, -0.15) is 0 Å². The van der Waals surface area contributed by atoms with E-state index in [-0.39, 0.29) is 30.2 Å². The average molecular weight is 391 g/mol. The quantitative estimate of drug-likeness (QED) is 0.498. The molecule has 1 atom stereocenters. The molecular weight excluding hydrogens is 367 g/mol. The molecular formula is C20H24ClFN4O. The first kappa shape index (κ1) is 20.9. The minimum atomic E-state index is -0.265. The van der Waals surface area contributed by atoms with E-state index in [4.69, 9.17) is 11.5 Å². The molecule has 7 heteroatoms. The molecule has 0 bridgehead atoms. The number of benzene rings is 2. The highest BCUT2D eigenvalue weighted by molar-refractivity contribution is 5.98. The lowest BCUT2D eigenvalue weighted by Crippen LogP contribution is -2.37. The molecule has 0 saturated heterocycles. The summed E-state index contributed by atoms with van der Waals surface area (Å²) in [5.41, 5.74) is 14.6. The van der Waals surface area contributed by atoms with Crippen molar-refractivity contribution in [2.75, 3.05) is 13.1 Å². The van der Waals surface area contributed by atoms with E-state index in [0.717, 1.165) is 34.9 Å². The van der Waals surface area contributed by atoms with Gasteiger partial charge in [0.25, 0.3) is 5.91 Å². The van der Waals surface area contributed by atoms with Gasteiger partial charge in [-0.25, -0.2) is 4.39 Å². The number of hydrogen-bond acceptors (Lipinski definition) is 3. The summed E-state index contributed by atoms with van der Waals surface area (Å²) in [4.78, 5) is 15.5. The van der Waals surface area contributed by atoms with Gasteiger partial charge < -0.3 is 21.8 Å². The van der Waals surface area contributed by atoms with Gasteiger partial charge in [0.05, 0.1) is 0 Å². The van der Waals surface area contributed by atoms with Crippen molar-refractivity contribution in [1.29, 1.82) is 0 Å². The predicted molar refractivity (Wildman–Crippen MR) is 110 cm³/mol. The zero-order chi connectivity index (χ0) is 18.5. The molecule has 2 aromatic carbocycles. The van der Waals surface area contributed by atoms with Gasteiger partial charge in [0.2, 0.25) is 0 Å². The van der Waals surface area contributed by atoms with E-state index in [9.17, 15) is 9.18 Å². The normalized spacial score (nSPS) is 11.8. The zero-order valence-corrected chi connectivity index (χ0v) is 15.7. The van der Waals surface area contributed by atoms with Crippen LogP contribution in [0, 0.1) is 5.82 Å². The lowest BCUT2D eigenvalue weighted by molar-refractivity contribution is 0.0946. The molecule has 0 spiro atoms. The molecule has 0 unspecified atom stereocenters. The molecule has 0 aliphatic carbocycles. The summed E-state index contributed by atoms with van der Waals surface area (Å²) in [5, 5.41) is 3.78. The van der Waals surface area contributed by atoms with Crippen molar-refractivity contribution >= 4 is 29.2 Å². The lowest BCUT2D eigenvalue weighted by Gasteiger charge is -2.11. The number of rotatable bonds is 7. The fourth-order valence-corrected chi connectivity index (χ4v) is 2.87. The Labute approximate surface area is 163 Å². The van der Waals surface area contributed by atoms with Gasteiger partial charge in [0.1, 0.15) is 11.5 Å². The van der Waals surface area contributed by atoms with Crippen LogP contribution in [-0.2, 0) is 0 Å². The van der Waals surface area contributed by atoms with Crippen LogP contribution in [-0.4, -0.2) is 30.0 Å². The minimum absolute atomic E-state index is 0. The summed E-state index contributed by atoms with van der Waals surface area (Å²) in [6, 6.07) is 13.9. The van der Waals surface area contributed by atoms with Crippen LogP contribution < -0.4 is 16.8 Å². The van der Waals surface area contributed by atoms with Crippen molar-refractivity contribution < 1.29 is 9.18 Å². The van der Waals surface area contributed by atoms with E-state index in [0.29, 0.717) is 18.8 Å². The number of fused-ring (bicyclic) bond motifs is 1. The number of hydrogen-bond donors (Lipinski definition) is 4. The van der Waals surface area contributed by atoms with E-state index in [2.05, 4.69) is 10.3 Å². The molecule has 27 heavy (non-hydrogen) atoms. The highest BCUT2D eigenvalue weighted by atomic mass is 35.5. The molecule has 3 rings (SSSR count). The Kier molecular flexibility index (Phi) is 7.36. The Bertz CT molecular complexity index is 895. The molecule has 1 aromatic heterocycles. The van der Waals surface area contributed by atoms with Crippen LogP contribution in [0.4, 0.5) is 4.39 Å². The SMILES string of the molecule is Cl.NCCC[C@@H](N)CNC(=O)c1cc2ccc(-c3ccc(F)cc3)cc2[nH]1. The molecule has 3 aromatic rings. The number of H-pyrrole nitrogens is 1. The van der Waals surface area contributed by atoms with E-state index < -0.39 is 0 Å². The summed E-state index contributed by atoms with van der Waals surface area (Å²) < 4.78 is 13.1. The molecule has 0 saturated carbocycles. The number of aromatic amines is 1. The molecule has 6 N–H and O–H groups in total. The van der Waals surface area contributed by atoms with Crippen molar-refractivity contribution in [2.24, 2.45) is 11.5 Å². The van der Waals surface area contributed by atoms with Gasteiger partial charge in [-0.1, -0.05) is 24.3 Å². The van der Waals surface area contributed by atoms with E-state index >= 15 is 0 Å². The Balaban J connectivity index is 0.00000261. The first-order valence-corrected chi connectivity index (χ1v) is 8.69. The highest BCUT2D eigenvalue weighted by Gasteiger charge is 2.11. The predicted octanol–water partition coefficient (Wildman–Crippen LogP) is 3.19.